The number of hydrogen-bond acceptors (Lipinski definition) is 12. The number of nitrogens with two attached hydrogens (primary N) is 2. The number of benzene rings is 2. The molecule has 0 bridgehead atoms. The number of aliphatic hydroxyl groups excluding tert-OH is 2. The molecule has 2 aliphatic heterocycles. The maximum atomic E-state index is 14.2. The van der Waals surface area contributed by atoms with Gasteiger partial charge in [0.15, 0.2) is 18.1 Å². The predicted molar refractivity (Wildman–Crippen MR) is 237 cm³/mol. The Hall–Kier alpha value is -3.55. The zero-order chi connectivity index (χ0) is 44.1. The number of ether oxygens (including phenoxy) is 4. The summed E-state index contributed by atoms with van der Waals surface area (Å²) in [4.78, 5) is 31.9. The van der Waals surface area contributed by atoms with Crippen molar-refractivity contribution in [3.05, 3.63) is 35.4 Å². The van der Waals surface area contributed by atoms with Crippen LogP contribution in [0.5, 0.6) is 23.0 Å². The van der Waals surface area contributed by atoms with E-state index >= 15 is 0 Å². The van der Waals surface area contributed by atoms with Gasteiger partial charge < -0.3 is 59.3 Å². The maximum Gasteiger partial charge on any atom is 0.258 e. The number of nitrogen functional groups attached to an aromatic ring is 2. The normalized spacial score (nSPS) is 22.4. The molecule has 0 saturated carbocycles. The van der Waals surface area contributed by atoms with Crippen LogP contribution in [0.15, 0.2) is 24.3 Å². The molecule has 2 aliphatic rings. The van der Waals surface area contributed by atoms with Gasteiger partial charge >= 0.3 is 0 Å². The molecule has 4 atom stereocenters. The number of hydrogen-bond donors (Lipinski definition) is 4. The second-order valence-corrected chi connectivity index (χ2v) is 23.6. The summed E-state index contributed by atoms with van der Waals surface area (Å²) in [6.45, 7) is 22.6. The molecule has 0 aromatic heterocycles. The number of methoxy groups -OCH3 is 2. The Morgan fingerprint density at radius 1 is 0.661 bits per heavy atom. The zero-order valence-corrected chi connectivity index (χ0v) is 39.9. The van der Waals surface area contributed by atoms with Gasteiger partial charge in [0.1, 0.15) is 23.0 Å². The third-order valence-electron chi connectivity index (χ3n) is 12.0. The molecule has 0 radical (unpaired) electrons. The molecule has 2 amide bonds. The first kappa shape index (κ1) is 48.1. The lowest BCUT2D eigenvalue weighted by Crippen LogP contribution is -2.59. The van der Waals surface area contributed by atoms with Gasteiger partial charge in [-0.2, -0.15) is 0 Å². The minimum Gasteiger partial charge on any atom is -0.496 e. The molecule has 0 unspecified atom stereocenters. The first-order valence-corrected chi connectivity index (χ1v) is 26.5. The van der Waals surface area contributed by atoms with E-state index in [1.165, 1.54) is 14.2 Å². The highest BCUT2D eigenvalue weighted by Crippen LogP contribution is 2.47. The molecule has 2 aromatic carbocycles. The molecule has 14 nitrogen and oxygen atoms in total. The minimum absolute atomic E-state index is 0.188. The van der Waals surface area contributed by atoms with Crippen molar-refractivity contribution in [3.63, 3.8) is 0 Å². The van der Waals surface area contributed by atoms with Crippen LogP contribution in [0.3, 0.4) is 0 Å². The predicted octanol–water partition coefficient (Wildman–Crippen LogP) is 5.48. The Morgan fingerprint density at radius 3 is 1.32 bits per heavy atom. The number of anilines is 2. The highest BCUT2D eigenvalue weighted by molar-refractivity contribution is 6.48. The average molecular weight is 861 g/mol. The summed E-state index contributed by atoms with van der Waals surface area (Å²) in [5.41, 5.74) is 12.0. The number of rotatable bonds is 18. The van der Waals surface area contributed by atoms with Crippen molar-refractivity contribution in [1.82, 2.24) is 9.80 Å². The van der Waals surface area contributed by atoms with Gasteiger partial charge in [-0.15, -0.1) is 0 Å². The third-order valence-corrected chi connectivity index (χ3v) is 13.7. The van der Waals surface area contributed by atoms with Crippen molar-refractivity contribution < 1.29 is 47.6 Å². The summed E-state index contributed by atoms with van der Waals surface area (Å²) in [5, 5.41) is 21.7. The molecular weight excluding hydrogens is 789 g/mol. The minimum atomic E-state index is -1.41. The van der Waals surface area contributed by atoms with Gasteiger partial charge in [0.2, 0.25) is 0 Å². The Bertz CT molecular complexity index is 1640. The van der Waals surface area contributed by atoms with E-state index in [9.17, 15) is 19.8 Å². The molecule has 59 heavy (non-hydrogen) atoms. The van der Waals surface area contributed by atoms with Crippen molar-refractivity contribution in [2.75, 3.05) is 65.2 Å². The summed E-state index contributed by atoms with van der Waals surface area (Å²) in [5.74, 6) is 0.957. The number of likely N-dealkylation sites (tertiary alicyclic amines) is 2. The van der Waals surface area contributed by atoms with E-state index < -0.39 is 41.4 Å². The standard InChI is InChI=1S/C43H72N4O10Si2/c1-40(2,3)42(26-56-58(9)10)22-28(48)24-46(42)38(50)30-18-32(44)36(20-34(30)52-7)54-16-14-13-15-17-55-37-21-35(53-8)31(19-33(37)45)39(51)47-25-29(49)23-43(47,41(4,5)6)27-57-59(11)12/h18-21,28-29,48-49,58-59H,13-17,22-27,44-45H2,1-12H3/t28-,29-,42-,43-/m1/s1. The first-order chi connectivity index (χ1) is 27.5. The van der Waals surface area contributed by atoms with Crippen LogP contribution in [0.25, 0.3) is 0 Å². The van der Waals surface area contributed by atoms with Gasteiger partial charge in [-0.1, -0.05) is 41.5 Å². The molecule has 2 heterocycles. The van der Waals surface area contributed by atoms with Crippen LogP contribution in [0, 0.1) is 10.8 Å². The number of nitrogens with zero attached hydrogens (tertiary/aromatic N) is 2. The van der Waals surface area contributed by atoms with Crippen LogP contribution in [0.4, 0.5) is 11.4 Å². The number of aliphatic hydroxyl groups is 2. The van der Waals surface area contributed by atoms with E-state index in [0.29, 0.717) is 97.6 Å². The molecule has 2 saturated heterocycles. The molecule has 4 rings (SSSR count). The van der Waals surface area contributed by atoms with E-state index in [2.05, 4.69) is 67.7 Å². The van der Waals surface area contributed by atoms with Crippen LogP contribution in [0.2, 0.25) is 26.2 Å². The average Bonchev–Trinajstić information content (AvgIpc) is 3.70. The quantitative estimate of drug-likeness (QED) is 0.0841. The topological polar surface area (TPSA) is 188 Å². The van der Waals surface area contributed by atoms with E-state index in [-0.39, 0.29) is 35.7 Å². The molecule has 16 heteroatoms. The van der Waals surface area contributed by atoms with E-state index in [1.807, 2.05) is 0 Å². The largest absolute Gasteiger partial charge is 0.496 e. The van der Waals surface area contributed by atoms with Crippen molar-refractivity contribution in [3.8, 4) is 23.0 Å². The molecular formula is C43H72N4O10Si2. The second-order valence-electron chi connectivity index (χ2n) is 18.8. The molecule has 6 N–H and O–H groups in total. The van der Waals surface area contributed by atoms with Gasteiger partial charge in [-0.3, -0.25) is 9.59 Å². The molecule has 332 valence electrons. The van der Waals surface area contributed by atoms with Gasteiger partial charge in [-0.05, 0) is 68.4 Å². The summed E-state index contributed by atoms with van der Waals surface area (Å²) >= 11 is 0. The Balaban J connectivity index is 1.36. The van der Waals surface area contributed by atoms with Crippen LogP contribution >= 0.6 is 0 Å². The molecule has 2 aromatic rings. The van der Waals surface area contributed by atoms with Crippen molar-refractivity contribution in [2.24, 2.45) is 10.8 Å². The van der Waals surface area contributed by atoms with Crippen LogP contribution in [-0.4, -0.2) is 127 Å². The number of carbonyl (C=O) groups excluding carboxylic acids is 2. The van der Waals surface area contributed by atoms with Crippen molar-refractivity contribution >= 4 is 41.3 Å². The van der Waals surface area contributed by atoms with Gasteiger partial charge in [0, 0.05) is 38.1 Å². The Morgan fingerprint density at radius 2 is 1.02 bits per heavy atom. The fourth-order valence-corrected chi connectivity index (χ4v) is 9.52. The van der Waals surface area contributed by atoms with Gasteiger partial charge in [0.25, 0.3) is 11.8 Å². The SMILES string of the molecule is COc1cc(OCCCCCOc2cc(OC)c(C(=O)N3C[C@H](O)C[C@@]3(CO[SiH](C)C)C(C)(C)C)cc2N)c(N)cc1C(=O)N1C[C@H](O)C[C@@]1(CO[SiH](C)C)C(C)(C)C. The van der Waals surface area contributed by atoms with E-state index in [0.717, 1.165) is 6.42 Å². The van der Waals surface area contributed by atoms with Gasteiger partial charge in [0.05, 0.1) is 86.4 Å². The summed E-state index contributed by atoms with van der Waals surface area (Å²) in [7, 11) is 0.198. The summed E-state index contributed by atoms with van der Waals surface area (Å²) < 4.78 is 35.9. The zero-order valence-electron chi connectivity index (χ0n) is 37.6. The Kier molecular flexibility index (Phi) is 15.9. The third kappa shape index (κ3) is 10.7. The monoisotopic (exact) mass is 860 g/mol. The van der Waals surface area contributed by atoms with E-state index in [4.69, 9.17) is 39.3 Å². The van der Waals surface area contributed by atoms with Crippen LogP contribution < -0.4 is 30.4 Å². The molecule has 0 spiro atoms. The second kappa shape index (κ2) is 19.4. The smallest absolute Gasteiger partial charge is 0.258 e. The lowest BCUT2D eigenvalue weighted by Gasteiger charge is -2.48. The molecule has 2 fully saturated rings. The lowest BCUT2D eigenvalue weighted by molar-refractivity contribution is -0.00667. The van der Waals surface area contributed by atoms with Crippen molar-refractivity contribution in [2.45, 2.75) is 123 Å². The number of amides is 2. The highest BCUT2D eigenvalue weighted by atomic mass is 28.3. The maximum absolute atomic E-state index is 14.2. The fourth-order valence-electron chi connectivity index (χ4n) is 8.31. The number of unbranched alkanes of at least 4 members (excludes halogenated alkanes) is 2. The summed E-state index contributed by atoms with van der Waals surface area (Å²) in [6, 6.07) is 6.48. The first-order valence-electron chi connectivity index (χ1n) is 21.0. The van der Waals surface area contributed by atoms with E-state index in [1.54, 1.807) is 34.1 Å². The molecule has 0 aliphatic carbocycles. The van der Waals surface area contributed by atoms with Crippen LogP contribution in [-0.2, 0) is 8.85 Å². The number of carbonyl (C=O) groups is 2. The Labute approximate surface area is 355 Å². The van der Waals surface area contributed by atoms with Crippen LogP contribution in [0.1, 0.15) is 94.4 Å². The summed E-state index contributed by atoms with van der Waals surface area (Å²) in [6.07, 6.45) is 1.68. The van der Waals surface area contributed by atoms with Crippen molar-refractivity contribution in [1.29, 1.82) is 0 Å². The highest BCUT2D eigenvalue weighted by Gasteiger charge is 2.56. The fraction of sp³-hybridized carbons (Fsp3) is 0.674. The van der Waals surface area contributed by atoms with Gasteiger partial charge in [-0.25, -0.2) is 0 Å². The number of β-amino-alcohol motifs (C(OH)–C–C–N with tert-alkyl or cyclic N) is 2. The lowest BCUT2D eigenvalue weighted by atomic mass is 9.72.